The van der Waals surface area contributed by atoms with Gasteiger partial charge in [-0.1, -0.05) is 0 Å². The molecule has 0 aliphatic carbocycles. The van der Waals surface area contributed by atoms with Gasteiger partial charge >= 0.3 is 0 Å². The van der Waals surface area contributed by atoms with Crippen LogP contribution in [0.3, 0.4) is 0 Å². The van der Waals surface area contributed by atoms with Crippen LogP contribution in [-0.4, -0.2) is 30.6 Å². The average Bonchev–Trinajstić information content (AvgIpc) is 1.95. The van der Waals surface area contributed by atoms with Gasteiger partial charge in [0.2, 0.25) is 0 Å². The first-order valence-corrected chi connectivity index (χ1v) is 4.47. The SMILES string of the molecule is CN1CCC(CN)CC1(C)C. The van der Waals surface area contributed by atoms with E-state index in [1.165, 1.54) is 19.4 Å². The maximum Gasteiger partial charge on any atom is 0.0153 e. The van der Waals surface area contributed by atoms with E-state index in [-0.39, 0.29) is 0 Å². The second kappa shape index (κ2) is 3.11. The van der Waals surface area contributed by atoms with Crippen LogP contribution in [0.15, 0.2) is 0 Å². The molecule has 2 nitrogen and oxygen atoms in total. The van der Waals surface area contributed by atoms with Crippen LogP contribution in [0, 0.1) is 5.92 Å². The second-order valence-electron chi connectivity index (χ2n) is 4.33. The van der Waals surface area contributed by atoms with Crippen LogP contribution in [0.4, 0.5) is 0 Å². The third-order valence-electron chi connectivity index (χ3n) is 3.03. The van der Waals surface area contributed by atoms with Crippen molar-refractivity contribution < 1.29 is 0 Å². The summed E-state index contributed by atoms with van der Waals surface area (Å²) in [5, 5.41) is 0. The maximum absolute atomic E-state index is 5.65. The number of hydrogen-bond acceptors (Lipinski definition) is 2. The predicted octanol–water partition coefficient (Wildman–Crippen LogP) is 1.07. The molecule has 2 heteroatoms. The minimum atomic E-state index is 0.363. The fraction of sp³-hybridized carbons (Fsp3) is 1.00. The van der Waals surface area contributed by atoms with Crippen molar-refractivity contribution in [2.24, 2.45) is 11.7 Å². The van der Waals surface area contributed by atoms with Gasteiger partial charge in [0.1, 0.15) is 0 Å². The fourth-order valence-corrected chi connectivity index (χ4v) is 1.84. The molecule has 1 fully saturated rings. The summed E-state index contributed by atoms with van der Waals surface area (Å²) < 4.78 is 0. The number of rotatable bonds is 1. The zero-order valence-electron chi connectivity index (χ0n) is 7.93. The molecule has 0 bridgehead atoms. The van der Waals surface area contributed by atoms with E-state index in [9.17, 15) is 0 Å². The summed E-state index contributed by atoms with van der Waals surface area (Å²) in [4.78, 5) is 2.43. The lowest BCUT2D eigenvalue weighted by atomic mass is 9.83. The minimum Gasteiger partial charge on any atom is -0.330 e. The molecule has 0 aromatic rings. The number of nitrogens with two attached hydrogens (primary N) is 1. The van der Waals surface area contributed by atoms with Crippen LogP contribution in [0.25, 0.3) is 0 Å². The van der Waals surface area contributed by atoms with E-state index >= 15 is 0 Å². The highest BCUT2D eigenvalue weighted by Gasteiger charge is 2.31. The lowest BCUT2D eigenvalue weighted by molar-refractivity contribution is 0.0749. The molecule has 1 saturated heterocycles. The minimum absolute atomic E-state index is 0.363. The van der Waals surface area contributed by atoms with Gasteiger partial charge in [-0.3, -0.25) is 0 Å². The first-order chi connectivity index (χ1) is 5.06. The molecule has 0 aromatic carbocycles. The van der Waals surface area contributed by atoms with Crippen molar-refractivity contribution in [3.05, 3.63) is 0 Å². The van der Waals surface area contributed by atoms with Gasteiger partial charge in [-0.2, -0.15) is 0 Å². The van der Waals surface area contributed by atoms with E-state index in [2.05, 4.69) is 25.8 Å². The van der Waals surface area contributed by atoms with Crippen LogP contribution in [0.1, 0.15) is 26.7 Å². The van der Waals surface area contributed by atoms with Gasteiger partial charge in [-0.15, -0.1) is 0 Å². The highest BCUT2D eigenvalue weighted by Crippen LogP contribution is 2.29. The lowest BCUT2D eigenvalue weighted by Gasteiger charge is -2.43. The van der Waals surface area contributed by atoms with Crippen molar-refractivity contribution >= 4 is 0 Å². The first kappa shape index (κ1) is 9.01. The molecule has 0 aromatic heterocycles. The van der Waals surface area contributed by atoms with Crippen molar-refractivity contribution in [1.29, 1.82) is 0 Å². The van der Waals surface area contributed by atoms with Crippen LogP contribution in [-0.2, 0) is 0 Å². The summed E-state index contributed by atoms with van der Waals surface area (Å²) in [6.07, 6.45) is 2.52. The number of hydrogen-bond donors (Lipinski definition) is 1. The summed E-state index contributed by atoms with van der Waals surface area (Å²) in [5.74, 6) is 0.751. The Kier molecular flexibility index (Phi) is 2.55. The molecule has 11 heavy (non-hydrogen) atoms. The second-order valence-corrected chi connectivity index (χ2v) is 4.33. The largest absolute Gasteiger partial charge is 0.330 e. The molecule has 0 amide bonds. The Morgan fingerprint density at radius 3 is 2.64 bits per heavy atom. The summed E-state index contributed by atoms with van der Waals surface area (Å²) in [5.41, 5.74) is 6.01. The predicted molar refractivity (Wildman–Crippen MR) is 48.5 cm³/mol. The first-order valence-electron chi connectivity index (χ1n) is 4.47. The normalized spacial score (nSPS) is 32.2. The highest BCUT2D eigenvalue weighted by molar-refractivity contribution is 4.87. The van der Waals surface area contributed by atoms with Crippen molar-refractivity contribution in [2.45, 2.75) is 32.2 Å². The van der Waals surface area contributed by atoms with E-state index < -0.39 is 0 Å². The molecule has 66 valence electrons. The molecule has 0 spiro atoms. The Balaban J connectivity index is 2.52. The summed E-state index contributed by atoms with van der Waals surface area (Å²) in [6, 6.07) is 0. The van der Waals surface area contributed by atoms with E-state index in [0.717, 1.165) is 12.5 Å². The van der Waals surface area contributed by atoms with Crippen LogP contribution in [0.5, 0.6) is 0 Å². The molecule has 1 aliphatic rings. The summed E-state index contributed by atoms with van der Waals surface area (Å²) in [6.45, 7) is 6.66. The Morgan fingerprint density at radius 2 is 2.18 bits per heavy atom. The van der Waals surface area contributed by atoms with E-state index in [0.29, 0.717) is 5.54 Å². The Morgan fingerprint density at radius 1 is 1.55 bits per heavy atom. The molecule has 2 N–H and O–H groups in total. The van der Waals surface area contributed by atoms with Crippen molar-refractivity contribution in [3.63, 3.8) is 0 Å². The zero-order valence-corrected chi connectivity index (χ0v) is 7.93. The Bertz CT molecular complexity index is 132. The number of nitrogens with zero attached hydrogens (tertiary/aromatic N) is 1. The Hall–Kier alpha value is -0.0800. The van der Waals surface area contributed by atoms with Gasteiger partial charge in [0.15, 0.2) is 0 Å². The lowest BCUT2D eigenvalue weighted by Crippen LogP contribution is -2.48. The number of piperidine rings is 1. The van der Waals surface area contributed by atoms with E-state index in [1.54, 1.807) is 0 Å². The van der Waals surface area contributed by atoms with Gasteiger partial charge < -0.3 is 10.6 Å². The van der Waals surface area contributed by atoms with E-state index in [1.807, 2.05) is 0 Å². The molecule has 1 unspecified atom stereocenters. The molecule has 1 atom stereocenters. The third kappa shape index (κ3) is 1.94. The molecule has 1 aliphatic heterocycles. The van der Waals surface area contributed by atoms with E-state index in [4.69, 9.17) is 5.73 Å². The molecule has 1 heterocycles. The van der Waals surface area contributed by atoms with Gasteiger partial charge in [0, 0.05) is 5.54 Å². The van der Waals surface area contributed by atoms with Gasteiger partial charge in [0.25, 0.3) is 0 Å². The third-order valence-corrected chi connectivity index (χ3v) is 3.03. The van der Waals surface area contributed by atoms with Gasteiger partial charge in [-0.05, 0) is 52.7 Å². The summed E-state index contributed by atoms with van der Waals surface area (Å²) >= 11 is 0. The standard InChI is InChI=1S/C9H20N2/c1-9(2)6-8(7-10)4-5-11(9)3/h8H,4-7,10H2,1-3H3. The maximum atomic E-state index is 5.65. The molecule has 1 rings (SSSR count). The van der Waals surface area contributed by atoms with Crippen LogP contribution >= 0.6 is 0 Å². The van der Waals surface area contributed by atoms with Crippen molar-refractivity contribution in [2.75, 3.05) is 20.1 Å². The van der Waals surface area contributed by atoms with Crippen LogP contribution in [0.2, 0.25) is 0 Å². The van der Waals surface area contributed by atoms with Gasteiger partial charge in [0.05, 0.1) is 0 Å². The van der Waals surface area contributed by atoms with Crippen LogP contribution < -0.4 is 5.73 Å². The average molecular weight is 156 g/mol. The van der Waals surface area contributed by atoms with Crippen molar-refractivity contribution in [3.8, 4) is 0 Å². The quantitative estimate of drug-likeness (QED) is 0.615. The molecule has 0 saturated carbocycles. The van der Waals surface area contributed by atoms with Crippen molar-refractivity contribution in [1.82, 2.24) is 4.90 Å². The molecular formula is C9H20N2. The highest BCUT2D eigenvalue weighted by atomic mass is 15.2. The Labute approximate surface area is 69.8 Å². The zero-order chi connectivity index (χ0) is 8.48. The fourth-order valence-electron chi connectivity index (χ4n) is 1.84. The molecule has 0 radical (unpaired) electrons. The van der Waals surface area contributed by atoms with Gasteiger partial charge in [-0.25, -0.2) is 0 Å². The summed E-state index contributed by atoms with van der Waals surface area (Å²) in [7, 11) is 2.20. The smallest absolute Gasteiger partial charge is 0.0153 e. The number of likely N-dealkylation sites (tertiary alicyclic amines) is 1. The molecular weight excluding hydrogens is 136 g/mol. The monoisotopic (exact) mass is 156 g/mol. The topological polar surface area (TPSA) is 29.3 Å².